The standard InChI is InChI=1S/C22H17ClN2O3S/c23-19-14-8-7-13-18(19)21-22(25-29(26,27)17-11-5-2-6-12-17)28-20(24-21)15-16-9-3-1-4-10-16/h1-14,25H,15H2. The summed E-state index contributed by atoms with van der Waals surface area (Å²) in [6.45, 7) is 0. The van der Waals surface area contributed by atoms with Crippen LogP contribution in [0.4, 0.5) is 5.88 Å². The number of hydrogen-bond donors (Lipinski definition) is 1. The van der Waals surface area contributed by atoms with E-state index in [1.54, 1.807) is 36.4 Å². The van der Waals surface area contributed by atoms with Gasteiger partial charge in [-0.1, -0.05) is 78.3 Å². The van der Waals surface area contributed by atoms with Crippen molar-refractivity contribution in [2.24, 2.45) is 0 Å². The highest BCUT2D eigenvalue weighted by molar-refractivity contribution is 7.92. The normalized spacial score (nSPS) is 11.3. The van der Waals surface area contributed by atoms with Crippen LogP contribution in [0.1, 0.15) is 11.5 Å². The first kappa shape index (κ1) is 19.2. The highest BCUT2D eigenvalue weighted by Crippen LogP contribution is 2.35. The molecule has 0 amide bonds. The number of halogens is 1. The smallest absolute Gasteiger partial charge is 0.264 e. The number of nitrogens with zero attached hydrogens (tertiary/aromatic N) is 1. The molecule has 0 aliphatic carbocycles. The molecule has 5 nitrogen and oxygen atoms in total. The molecule has 0 radical (unpaired) electrons. The van der Waals surface area contributed by atoms with Crippen molar-refractivity contribution in [2.75, 3.05) is 4.72 Å². The molecule has 1 N–H and O–H groups in total. The number of hydrogen-bond acceptors (Lipinski definition) is 4. The lowest BCUT2D eigenvalue weighted by Gasteiger charge is -2.07. The maximum absolute atomic E-state index is 12.8. The molecule has 0 saturated carbocycles. The second kappa shape index (κ2) is 8.11. The van der Waals surface area contributed by atoms with Gasteiger partial charge in [0.25, 0.3) is 10.0 Å². The molecule has 7 heteroatoms. The van der Waals surface area contributed by atoms with Crippen molar-refractivity contribution in [3.63, 3.8) is 0 Å². The van der Waals surface area contributed by atoms with E-state index in [9.17, 15) is 8.42 Å². The summed E-state index contributed by atoms with van der Waals surface area (Å²) in [6.07, 6.45) is 0.422. The van der Waals surface area contributed by atoms with Gasteiger partial charge in [-0.3, -0.25) is 0 Å². The van der Waals surface area contributed by atoms with E-state index in [0.29, 0.717) is 28.6 Å². The lowest BCUT2D eigenvalue weighted by molar-refractivity contribution is 0.521. The van der Waals surface area contributed by atoms with Crippen LogP contribution in [-0.2, 0) is 16.4 Å². The van der Waals surface area contributed by atoms with E-state index in [1.165, 1.54) is 12.1 Å². The van der Waals surface area contributed by atoms with Crippen molar-refractivity contribution in [3.05, 3.63) is 101 Å². The van der Waals surface area contributed by atoms with Crippen molar-refractivity contribution >= 4 is 27.5 Å². The van der Waals surface area contributed by atoms with Crippen LogP contribution in [0.2, 0.25) is 5.02 Å². The van der Waals surface area contributed by atoms with E-state index < -0.39 is 10.0 Å². The van der Waals surface area contributed by atoms with E-state index in [1.807, 2.05) is 36.4 Å². The van der Waals surface area contributed by atoms with Crippen molar-refractivity contribution in [1.82, 2.24) is 4.98 Å². The molecule has 0 unspecified atom stereocenters. The quantitative estimate of drug-likeness (QED) is 0.450. The first-order valence-corrected chi connectivity index (χ1v) is 10.8. The van der Waals surface area contributed by atoms with Crippen LogP contribution in [0.3, 0.4) is 0 Å². The third-order valence-electron chi connectivity index (χ3n) is 4.28. The first-order chi connectivity index (χ1) is 14.0. The van der Waals surface area contributed by atoms with E-state index in [2.05, 4.69) is 9.71 Å². The predicted octanol–water partition coefficient (Wildman–Crippen LogP) is 5.39. The van der Waals surface area contributed by atoms with Gasteiger partial charge in [0.05, 0.1) is 9.92 Å². The zero-order chi connectivity index (χ0) is 20.3. The molecule has 146 valence electrons. The monoisotopic (exact) mass is 424 g/mol. The number of rotatable bonds is 6. The van der Waals surface area contributed by atoms with Gasteiger partial charge in [-0.2, -0.15) is 0 Å². The van der Waals surface area contributed by atoms with Gasteiger partial charge >= 0.3 is 0 Å². The van der Waals surface area contributed by atoms with Crippen LogP contribution in [0.15, 0.2) is 94.2 Å². The minimum Gasteiger partial charge on any atom is -0.423 e. The molecule has 0 atom stereocenters. The largest absolute Gasteiger partial charge is 0.423 e. The summed E-state index contributed by atoms with van der Waals surface area (Å²) in [4.78, 5) is 4.67. The molecule has 1 aromatic heterocycles. The summed E-state index contributed by atoms with van der Waals surface area (Å²) < 4.78 is 34.0. The molecule has 0 aliphatic heterocycles. The Kier molecular flexibility index (Phi) is 5.38. The van der Waals surface area contributed by atoms with E-state index >= 15 is 0 Å². The predicted molar refractivity (Wildman–Crippen MR) is 113 cm³/mol. The molecule has 0 saturated heterocycles. The number of aromatic nitrogens is 1. The van der Waals surface area contributed by atoms with Gasteiger partial charge in [-0.15, -0.1) is 0 Å². The van der Waals surface area contributed by atoms with Crippen LogP contribution in [0.5, 0.6) is 0 Å². The Morgan fingerprint density at radius 2 is 1.48 bits per heavy atom. The van der Waals surface area contributed by atoms with Gasteiger partial charge in [-0.05, 0) is 23.8 Å². The molecule has 3 aromatic carbocycles. The molecule has 1 heterocycles. The van der Waals surface area contributed by atoms with Crippen LogP contribution in [0.25, 0.3) is 11.3 Å². The van der Waals surface area contributed by atoms with Gasteiger partial charge in [-0.25, -0.2) is 18.1 Å². The molecule has 0 fully saturated rings. The minimum atomic E-state index is -3.84. The minimum absolute atomic E-state index is 0.0351. The Labute approximate surface area is 174 Å². The van der Waals surface area contributed by atoms with Gasteiger partial charge in [0.1, 0.15) is 5.69 Å². The summed E-state index contributed by atoms with van der Waals surface area (Å²) >= 11 is 6.33. The average molecular weight is 425 g/mol. The van der Waals surface area contributed by atoms with Gasteiger partial charge in [0.2, 0.25) is 11.8 Å². The van der Waals surface area contributed by atoms with Crippen molar-refractivity contribution in [1.29, 1.82) is 0 Å². The zero-order valence-corrected chi connectivity index (χ0v) is 16.8. The second-order valence-electron chi connectivity index (χ2n) is 6.35. The zero-order valence-electron chi connectivity index (χ0n) is 15.2. The Bertz CT molecular complexity index is 1220. The molecular weight excluding hydrogens is 408 g/mol. The number of sulfonamides is 1. The molecule has 0 bridgehead atoms. The van der Waals surface area contributed by atoms with Crippen molar-refractivity contribution in [2.45, 2.75) is 11.3 Å². The molecular formula is C22H17ClN2O3S. The summed E-state index contributed by atoms with van der Waals surface area (Å²) in [5, 5.41) is 0.451. The number of benzene rings is 3. The molecule has 29 heavy (non-hydrogen) atoms. The summed E-state index contributed by atoms with van der Waals surface area (Å²) in [5.74, 6) is 0.421. The highest BCUT2D eigenvalue weighted by atomic mass is 35.5. The lowest BCUT2D eigenvalue weighted by Crippen LogP contribution is -2.13. The Balaban J connectivity index is 1.76. The average Bonchev–Trinajstić information content (AvgIpc) is 3.11. The van der Waals surface area contributed by atoms with Gasteiger partial charge in [0.15, 0.2) is 0 Å². The Morgan fingerprint density at radius 1 is 0.862 bits per heavy atom. The van der Waals surface area contributed by atoms with Crippen LogP contribution in [-0.4, -0.2) is 13.4 Å². The number of nitrogens with one attached hydrogen (secondary N) is 1. The fourth-order valence-electron chi connectivity index (χ4n) is 2.90. The van der Waals surface area contributed by atoms with E-state index in [0.717, 1.165) is 5.56 Å². The van der Waals surface area contributed by atoms with E-state index in [4.69, 9.17) is 16.0 Å². The highest BCUT2D eigenvalue weighted by Gasteiger charge is 2.23. The molecule has 0 spiro atoms. The van der Waals surface area contributed by atoms with Crippen molar-refractivity contribution < 1.29 is 12.8 Å². The third-order valence-corrected chi connectivity index (χ3v) is 5.96. The maximum Gasteiger partial charge on any atom is 0.264 e. The molecule has 4 aromatic rings. The maximum atomic E-state index is 12.8. The summed E-state index contributed by atoms with van der Waals surface area (Å²) in [6, 6.07) is 24.9. The van der Waals surface area contributed by atoms with Crippen molar-refractivity contribution in [3.8, 4) is 11.3 Å². The first-order valence-electron chi connectivity index (χ1n) is 8.89. The van der Waals surface area contributed by atoms with Crippen LogP contribution in [0, 0.1) is 0 Å². The second-order valence-corrected chi connectivity index (χ2v) is 8.44. The van der Waals surface area contributed by atoms with Gasteiger partial charge < -0.3 is 4.42 Å². The van der Waals surface area contributed by atoms with Gasteiger partial charge in [0, 0.05) is 12.0 Å². The molecule has 4 rings (SSSR count). The fourth-order valence-corrected chi connectivity index (χ4v) is 4.14. The Morgan fingerprint density at radius 3 is 2.17 bits per heavy atom. The summed E-state index contributed by atoms with van der Waals surface area (Å²) in [5.41, 5.74) is 1.93. The number of oxazole rings is 1. The Hall–Kier alpha value is -3.09. The fraction of sp³-hybridized carbons (Fsp3) is 0.0455. The third kappa shape index (κ3) is 4.34. The number of anilines is 1. The van der Waals surface area contributed by atoms with E-state index in [-0.39, 0.29) is 10.8 Å². The van der Waals surface area contributed by atoms with Crippen LogP contribution >= 0.6 is 11.6 Å². The molecule has 0 aliphatic rings. The lowest BCUT2D eigenvalue weighted by atomic mass is 10.1. The van der Waals surface area contributed by atoms with Crippen LogP contribution < -0.4 is 4.72 Å². The summed E-state index contributed by atoms with van der Waals surface area (Å²) in [7, 11) is -3.84. The topological polar surface area (TPSA) is 72.2 Å². The SMILES string of the molecule is O=S(=O)(Nc1oc(Cc2ccccc2)nc1-c1ccccc1Cl)c1ccccc1.